The van der Waals surface area contributed by atoms with Crippen molar-refractivity contribution in [3.05, 3.63) is 82.6 Å². The molecule has 4 aromatic rings. The summed E-state index contributed by atoms with van der Waals surface area (Å²) >= 11 is 1.23. The third-order valence-electron chi connectivity index (χ3n) is 4.04. The van der Waals surface area contributed by atoms with Crippen LogP contribution in [0.4, 0.5) is 13.9 Å². The van der Waals surface area contributed by atoms with E-state index in [1.54, 1.807) is 19.1 Å². The number of hydrogen-bond donors (Lipinski definition) is 1. The zero-order valence-electron chi connectivity index (χ0n) is 15.7. The summed E-state index contributed by atoms with van der Waals surface area (Å²) in [6.45, 7) is 1.88. The molecule has 1 amide bonds. The Balaban J connectivity index is 1.62. The number of carbonyl (C=O) groups excluding carboxylic acids is 1. The van der Waals surface area contributed by atoms with Crippen molar-refractivity contribution < 1.29 is 18.3 Å². The van der Waals surface area contributed by atoms with E-state index in [0.717, 1.165) is 5.56 Å². The molecule has 1 N–H and O–H groups in total. The first-order valence-corrected chi connectivity index (χ1v) is 9.64. The minimum Gasteiger partial charge on any atom is -0.485 e. The molecule has 0 aliphatic carbocycles. The average molecular weight is 427 g/mol. The van der Waals surface area contributed by atoms with Crippen molar-refractivity contribution in [1.82, 2.24) is 20.0 Å². The van der Waals surface area contributed by atoms with Crippen LogP contribution in [-0.2, 0) is 6.61 Å². The Morgan fingerprint density at radius 3 is 2.37 bits per heavy atom. The average Bonchev–Trinajstić information content (AvgIpc) is 3.34. The standard InChI is InChI=1S/C20H15F2N5O2S/c1-12-24-25-20(30-12)23-19(28)18-17(29-11-13-2-4-14(21)5-3-13)10-27(26-18)16-8-6-15(22)7-9-16/h2-10H,11H2,1H3,(H,23,25,28). The van der Waals surface area contributed by atoms with Crippen LogP contribution in [0, 0.1) is 18.6 Å². The van der Waals surface area contributed by atoms with Crippen LogP contribution in [-0.4, -0.2) is 25.9 Å². The van der Waals surface area contributed by atoms with Gasteiger partial charge in [0.15, 0.2) is 11.4 Å². The van der Waals surface area contributed by atoms with Crippen molar-refractivity contribution in [3.8, 4) is 11.4 Å². The normalized spacial score (nSPS) is 10.8. The van der Waals surface area contributed by atoms with Gasteiger partial charge in [0.05, 0.1) is 11.9 Å². The number of carbonyl (C=O) groups is 1. The van der Waals surface area contributed by atoms with E-state index in [-0.39, 0.29) is 29.7 Å². The Kier molecular flexibility index (Phi) is 5.48. The maximum Gasteiger partial charge on any atom is 0.281 e. The lowest BCUT2D eigenvalue weighted by molar-refractivity contribution is 0.101. The van der Waals surface area contributed by atoms with Gasteiger partial charge in [-0.25, -0.2) is 13.5 Å². The van der Waals surface area contributed by atoms with Gasteiger partial charge in [0.1, 0.15) is 23.2 Å². The second-order valence-corrected chi connectivity index (χ2v) is 7.44. The van der Waals surface area contributed by atoms with E-state index in [0.29, 0.717) is 15.8 Å². The first-order chi connectivity index (χ1) is 14.5. The van der Waals surface area contributed by atoms with Gasteiger partial charge in [-0.1, -0.05) is 23.5 Å². The number of nitrogens with zero attached hydrogens (tertiary/aromatic N) is 4. The third kappa shape index (κ3) is 4.49. The Morgan fingerprint density at radius 2 is 1.73 bits per heavy atom. The summed E-state index contributed by atoms with van der Waals surface area (Å²) in [6, 6.07) is 11.5. The minimum absolute atomic E-state index is 0.0225. The maximum atomic E-state index is 13.2. The van der Waals surface area contributed by atoms with Crippen LogP contribution in [0.5, 0.6) is 5.75 Å². The molecule has 0 spiro atoms. The highest BCUT2D eigenvalue weighted by molar-refractivity contribution is 7.15. The Bertz CT molecular complexity index is 1170. The van der Waals surface area contributed by atoms with Crippen LogP contribution < -0.4 is 10.1 Å². The lowest BCUT2D eigenvalue weighted by atomic mass is 10.2. The summed E-state index contributed by atoms with van der Waals surface area (Å²) in [4.78, 5) is 12.8. The summed E-state index contributed by atoms with van der Waals surface area (Å²) in [5, 5.41) is 15.7. The molecule has 30 heavy (non-hydrogen) atoms. The van der Waals surface area contributed by atoms with Crippen molar-refractivity contribution in [3.63, 3.8) is 0 Å². The Morgan fingerprint density at radius 1 is 1.07 bits per heavy atom. The van der Waals surface area contributed by atoms with Crippen molar-refractivity contribution in [1.29, 1.82) is 0 Å². The van der Waals surface area contributed by atoms with E-state index in [9.17, 15) is 13.6 Å². The molecular formula is C20H15F2N5O2S. The molecule has 7 nitrogen and oxygen atoms in total. The molecule has 0 saturated heterocycles. The number of amides is 1. The van der Waals surface area contributed by atoms with Crippen LogP contribution in [0.15, 0.2) is 54.7 Å². The van der Waals surface area contributed by atoms with Crippen molar-refractivity contribution in [2.24, 2.45) is 0 Å². The largest absolute Gasteiger partial charge is 0.485 e. The summed E-state index contributed by atoms with van der Waals surface area (Å²) < 4.78 is 33.5. The number of aromatic nitrogens is 4. The fourth-order valence-corrected chi connectivity index (χ4v) is 3.18. The highest BCUT2D eigenvalue weighted by Crippen LogP contribution is 2.23. The Labute approximate surface area is 174 Å². The van der Waals surface area contributed by atoms with Gasteiger partial charge >= 0.3 is 0 Å². The Hall–Kier alpha value is -3.66. The van der Waals surface area contributed by atoms with Crippen LogP contribution in [0.1, 0.15) is 21.1 Å². The smallest absolute Gasteiger partial charge is 0.281 e. The molecule has 0 aliphatic heterocycles. The summed E-state index contributed by atoms with van der Waals surface area (Å²) in [5.41, 5.74) is 1.29. The molecule has 4 rings (SSSR count). The minimum atomic E-state index is -0.527. The number of benzene rings is 2. The van der Waals surface area contributed by atoms with Crippen LogP contribution in [0.25, 0.3) is 5.69 Å². The molecule has 152 valence electrons. The first-order valence-electron chi connectivity index (χ1n) is 8.82. The predicted octanol–water partition coefficient (Wildman–Crippen LogP) is 4.14. The fraction of sp³-hybridized carbons (Fsp3) is 0.100. The number of ether oxygens (including phenoxy) is 1. The van der Waals surface area contributed by atoms with Crippen molar-refractivity contribution in [2.45, 2.75) is 13.5 Å². The molecule has 0 bridgehead atoms. The molecule has 0 atom stereocenters. The van der Waals surface area contributed by atoms with Gasteiger partial charge in [-0.3, -0.25) is 10.1 Å². The maximum absolute atomic E-state index is 13.2. The zero-order valence-corrected chi connectivity index (χ0v) is 16.5. The van der Waals surface area contributed by atoms with Gasteiger partial charge in [0.2, 0.25) is 5.13 Å². The SMILES string of the molecule is Cc1nnc(NC(=O)c2nn(-c3ccc(F)cc3)cc2OCc2ccc(F)cc2)s1. The quantitative estimate of drug-likeness (QED) is 0.500. The second-order valence-electron chi connectivity index (χ2n) is 6.26. The van der Waals surface area contributed by atoms with Crippen LogP contribution >= 0.6 is 11.3 Å². The number of aryl methyl sites for hydroxylation is 1. The van der Waals surface area contributed by atoms with E-state index in [1.165, 1.54) is 58.6 Å². The van der Waals surface area contributed by atoms with Crippen molar-refractivity contribution >= 4 is 22.4 Å². The third-order valence-corrected chi connectivity index (χ3v) is 4.80. The predicted molar refractivity (Wildman–Crippen MR) is 107 cm³/mol. The van der Waals surface area contributed by atoms with E-state index in [4.69, 9.17) is 4.74 Å². The van der Waals surface area contributed by atoms with Gasteiger partial charge in [0, 0.05) is 0 Å². The molecule has 0 fully saturated rings. The van der Waals surface area contributed by atoms with Gasteiger partial charge in [-0.15, -0.1) is 10.2 Å². The molecule has 2 heterocycles. The number of hydrogen-bond acceptors (Lipinski definition) is 6. The molecule has 2 aromatic heterocycles. The molecule has 0 saturated carbocycles. The molecule has 0 radical (unpaired) electrons. The number of anilines is 1. The van der Waals surface area contributed by atoms with E-state index >= 15 is 0 Å². The molecule has 0 unspecified atom stereocenters. The highest BCUT2D eigenvalue weighted by Gasteiger charge is 2.20. The van der Waals surface area contributed by atoms with Crippen LogP contribution in [0.2, 0.25) is 0 Å². The number of rotatable bonds is 6. The lowest BCUT2D eigenvalue weighted by Crippen LogP contribution is -2.14. The van der Waals surface area contributed by atoms with E-state index in [1.807, 2.05) is 0 Å². The highest BCUT2D eigenvalue weighted by atomic mass is 32.1. The van der Waals surface area contributed by atoms with E-state index in [2.05, 4.69) is 20.6 Å². The lowest BCUT2D eigenvalue weighted by Gasteiger charge is -2.06. The molecule has 10 heteroatoms. The zero-order chi connectivity index (χ0) is 21.1. The number of halogens is 2. The summed E-state index contributed by atoms with van der Waals surface area (Å²) in [7, 11) is 0. The summed E-state index contributed by atoms with van der Waals surface area (Å²) in [5.74, 6) is -1.05. The number of nitrogens with one attached hydrogen (secondary N) is 1. The van der Waals surface area contributed by atoms with Gasteiger partial charge in [0.25, 0.3) is 5.91 Å². The molecular weight excluding hydrogens is 412 g/mol. The van der Waals surface area contributed by atoms with Gasteiger partial charge < -0.3 is 4.74 Å². The molecule has 2 aromatic carbocycles. The molecule has 0 aliphatic rings. The fourth-order valence-electron chi connectivity index (χ4n) is 2.59. The van der Waals surface area contributed by atoms with Gasteiger partial charge in [-0.05, 0) is 48.9 Å². The monoisotopic (exact) mass is 427 g/mol. The second kappa shape index (κ2) is 8.37. The van der Waals surface area contributed by atoms with Crippen LogP contribution in [0.3, 0.4) is 0 Å². The van der Waals surface area contributed by atoms with E-state index < -0.39 is 5.91 Å². The van der Waals surface area contributed by atoms with Crippen molar-refractivity contribution in [2.75, 3.05) is 5.32 Å². The van der Waals surface area contributed by atoms with Gasteiger partial charge in [-0.2, -0.15) is 5.10 Å². The first kappa shape index (κ1) is 19.6. The summed E-state index contributed by atoms with van der Waals surface area (Å²) in [6.07, 6.45) is 1.52. The topological polar surface area (TPSA) is 81.9 Å².